The van der Waals surface area contributed by atoms with E-state index < -0.39 is 17.9 Å². The van der Waals surface area contributed by atoms with Crippen LogP contribution in [0.1, 0.15) is 12.0 Å². The lowest BCUT2D eigenvalue weighted by Gasteiger charge is -2.18. The first-order valence-electron chi connectivity index (χ1n) is 6.38. The second-order valence-electron chi connectivity index (χ2n) is 4.42. The van der Waals surface area contributed by atoms with Crippen LogP contribution in [-0.2, 0) is 25.7 Å². The molecule has 1 atom stereocenters. The number of methoxy groups -OCH3 is 1. The molecule has 0 saturated carbocycles. The van der Waals surface area contributed by atoms with Crippen LogP contribution in [-0.4, -0.2) is 19.0 Å². The minimum Gasteiger partial charge on any atom is -0.469 e. The molecule has 0 radical (unpaired) electrons. The Morgan fingerprint density at radius 3 is 2.70 bits per heavy atom. The van der Waals surface area contributed by atoms with Crippen molar-refractivity contribution in [3.05, 3.63) is 59.7 Å². The normalized spacial score (nSPS) is 17.2. The average Bonchev–Trinajstić information content (AvgIpc) is 2.52. The summed E-state index contributed by atoms with van der Waals surface area (Å²) in [6.45, 7) is 0.189. The fourth-order valence-corrected chi connectivity index (χ4v) is 2.01. The summed E-state index contributed by atoms with van der Waals surface area (Å²) in [5.74, 6) is -1.47. The fourth-order valence-electron chi connectivity index (χ4n) is 2.01. The molecule has 0 spiro atoms. The molecule has 0 aliphatic heterocycles. The van der Waals surface area contributed by atoms with Gasteiger partial charge in [0.2, 0.25) is 0 Å². The standard InChI is InChI=1S/C16H16O4/c1-19-15(17)13-9-5-6-10-14(13)16(18)20-11-12-7-3-2-4-8-12/h2-8,10,13H,9,11H2,1H3/t13-/m1/s1. The second kappa shape index (κ2) is 6.70. The van der Waals surface area contributed by atoms with Crippen molar-refractivity contribution in [1.29, 1.82) is 0 Å². The van der Waals surface area contributed by atoms with Gasteiger partial charge in [0.15, 0.2) is 0 Å². The van der Waals surface area contributed by atoms with Crippen LogP contribution >= 0.6 is 0 Å². The van der Waals surface area contributed by atoms with Crippen molar-refractivity contribution in [3.8, 4) is 0 Å². The van der Waals surface area contributed by atoms with Crippen LogP contribution in [0.25, 0.3) is 0 Å². The van der Waals surface area contributed by atoms with Gasteiger partial charge in [-0.15, -0.1) is 0 Å². The largest absolute Gasteiger partial charge is 0.469 e. The Hall–Kier alpha value is -2.36. The van der Waals surface area contributed by atoms with E-state index in [1.807, 2.05) is 36.4 Å². The number of benzene rings is 1. The molecular formula is C16H16O4. The first-order chi connectivity index (χ1) is 9.72. The fraction of sp³-hybridized carbons (Fsp3) is 0.250. The van der Waals surface area contributed by atoms with Crippen LogP contribution < -0.4 is 0 Å². The number of hydrogen-bond acceptors (Lipinski definition) is 4. The van der Waals surface area contributed by atoms with Gasteiger partial charge in [0.25, 0.3) is 0 Å². The predicted molar refractivity (Wildman–Crippen MR) is 73.6 cm³/mol. The molecule has 1 aromatic carbocycles. The second-order valence-corrected chi connectivity index (χ2v) is 4.42. The highest BCUT2D eigenvalue weighted by atomic mass is 16.5. The molecule has 0 amide bonds. The maximum Gasteiger partial charge on any atom is 0.335 e. The number of esters is 2. The van der Waals surface area contributed by atoms with Crippen molar-refractivity contribution in [1.82, 2.24) is 0 Å². The van der Waals surface area contributed by atoms with E-state index in [-0.39, 0.29) is 6.61 Å². The molecule has 0 aromatic heterocycles. The number of hydrogen-bond donors (Lipinski definition) is 0. The summed E-state index contributed by atoms with van der Waals surface area (Å²) in [6.07, 6.45) is 5.64. The van der Waals surface area contributed by atoms with E-state index in [1.54, 1.807) is 12.2 Å². The molecule has 1 aliphatic carbocycles. The predicted octanol–water partition coefficient (Wildman–Crippen LogP) is 2.41. The maximum absolute atomic E-state index is 12.1. The Kier molecular flexibility index (Phi) is 4.71. The third-order valence-corrected chi connectivity index (χ3v) is 3.09. The Bertz CT molecular complexity index is 543. The van der Waals surface area contributed by atoms with Gasteiger partial charge >= 0.3 is 11.9 Å². The van der Waals surface area contributed by atoms with Gasteiger partial charge in [-0.05, 0) is 12.0 Å². The lowest BCUT2D eigenvalue weighted by Crippen LogP contribution is -2.25. The number of ether oxygens (including phenoxy) is 2. The topological polar surface area (TPSA) is 52.6 Å². The van der Waals surface area contributed by atoms with Crippen molar-refractivity contribution < 1.29 is 19.1 Å². The molecule has 4 heteroatoms. The molecule has 20 heavy (non-hydrogen) atoms. The van der Waals surface area contributed by atoms with Gasteiger partial charge in [0.1, 0.15) is 6.61 Å². The zero-order valence-electron chi connectivity index (χ0n) is 11.2. The van der Waals surface area contributed by atoms with Crippen LogP contribution in [0.5, 0.6) is 0 Å². The van der Waals surface area contributed by atoms with Crippen molar-refractivity contribution in [2.24, 2.45) is 5.92 Å². The van der Waals surface area contributed by atoms with Gasteiger partial charge < -0.3 is 9.47 Å². The maximum atomic E-state index is 12.1. The Labute approximate surface area is 117 Å². The Morgan fingerprint density at radius 1 is 1.25 bits per heavy atom. The quantitative estimate of drug-likeness (QED) is 0.790. The minimum atomic E-state index is -0.576. The molecule has 0 saturated heterocycles. The van der Waals surface area contributed by atoms with Crippen LogP contribution in [0.4, 0.5) is 0 Å². The van der Waals surface area contributed by atoms with Crippen LogP contribution in [0.3, 0.4) is 0 Å². The van der Waals surface area contributed by atoms with Crippen LogP contribution in [0, 0.1) is 5.92 Å². The minimum absolute atomic E-state index is 0.189. The van der Waals surface area contributed by atoms with Gasteiger partial charge in [-0.1, -0.05) is 48.6 Å². The average molecular weight is 272 g/mol. The van der Waals surface area contributed by atoms with E-state index in [1.165, 1.54) is 7.11 Å². The zero-order valence-corrected chi connectivity index (χ0v) is 11.2. The van der Waals surface area contributed by atoms with Crippen molar-refractivity contribution in [3.63, 3.8) is 0 Å². The zero-order chi connectivity index (χ0) is 14.4. The number of carbonyl (C=O) groups is 2. The van der Waals surface area contributed by atoms with E-state index in [2.05, 4.69) is 0 Å². The third-order valence-electron chi connectivity index (χ3n) is 3.09. The SMILES string of the molecule is COC(=O)[C@@H]1CC=CC=C1C(=O)OCc1ccccc1. The molecule has 0 fully saturated rings. The van der Waals surface area contributed by atoms with Gasteiger partial charge in [-0.25, -0.2) is 4.79 Å². The van der Waals surface area contributed by atoms with E-state index in [0.717, 1.165) is 5.56 Å². The molecule has 1 aromatic rings. The highest BCUT2D eigenvalue weighted by Crippen LogP contribution is 2.23. The molecule has 0 unspecified atom stereocenters. The molecule has 0 N–H and O–H groups in total. The summed E-state index contributed by atoms with van der Waals surface area (Å²) in [5.41, 5.74) is 1.25. The molecule has 0 heterocycles. The first kappa shape index (κ1) is 14.1. The number of rotatable bonds is 4. The van der Waals surface area contributed by atoms with Gasteiger partial charge in [0.05, 0.1) is 18.6 Å². The van der Waals surface area contributed by atoms with E-state index >= 15 is 0 Å². The summed E-state index contributed by atoms with van der Waals surface area (Å²) in [6, 6.07) is 9.40. The van der Waals surface area contributed by atoms with Crippen molar-refractivity contribution >= 4 is 11.9 Å². The Morgan fingerprint density at radius 2 is 2.00 bits per heavy atom. The monoisotopic (exact) mass is 272 g/mol. The van der Waals surface area contributed by atoms with Crippen LogP contribution in [0.15, 0.2) is 54.1 Å². The van der Waals surface area contributed by atoms with Gasteiger partial charge in [-0.2, -0.15) is 0 Å². The third kappa shape index (κ3) is 3.35. The summed E-state index contributed by atoms with van der Waals surface area (Å²) in [5, 5.41) is 0. The highest BCUT2D eigenvalue weighted by Gasteiger charge is 2.29. The van der Waals surface area contributed by atoms with E-state index in [9.17, 15) is 9.59 Å². The van der Waals surface area contributed by atoms with Gasteiger partial charge in [0, 0.05) is 0 Å². The smallest absolute Gasteiger partial charge is 0.335 e. The highest BCUT2D eigenvalue weighted by molar-refractivity contribution is 5.96. The van der Waals surface area contributed by atoms with E-state index in [4.69, 9.17) is 9.47 Å². The molecular weight excluding hydrogens is 256 g/mol. The first-order valence-corrected chi connectivity index (χ1v) is 6.38. The summed E-state index contributed by atoms with van der Waals surface area (Å²) in [7, 11) is 1.31. The van der Waals surface area contributed by atoms with Gasteiger partial charge in [-0.3, -0.25) is 4.79 Å². The van der Waals surface area contributed by atoms with Crippen molar-refractivity contribution in [2.75, 3.05) is 7.11 Å². The lowest BCUT2D eigenvalue weighted by atomic mass is 9.91. The number of carbonyl (C=O) groups excluding carboxylic acids is 2. The molecule has 4 nitrogen and oxygen atoms in total. The van der Waals surface area contributed by atoms with Crippen molar-refractivity contribution in [2.45, 2.75) is 13.0 Å². The molecule has 104 valence electrons. The molecule has 1 aliphatic rings. The summed E-state index contributed by atoms with van der Waals surface area (Å²) >= 11 is 0. The molecule has 0 bridgehead atoms. The molecule has 2 rings (SSSR count). The van der Waals surface area contributed by atoms with Crippen LogP contribution in [0.2, 0.25) is 0 Å². The number of allylic oxidation sites excluding steroid dienone is 3. The Balaban J connectivity index is 2.01. The lowest BCUT2D eigenvalue weighted by molar-refractivity contribution is -0.148. The summed E-state index contributed by atoms with van der Waals surface area (Å²) in [4.78, 5) is 23.7. The van der Waals surface area contributed by atoms with E-state index in [0.29, 0.717) is 12.0 Å². The summed E-state index contributed by atoms with van der Waals surface area (Å²) < 4.78 is 9.96.